The zero-order valence-corrected chi connectivity index (χ0v) is 20.8. The van der Waals surface area contributed by atoms with Gasteiger partial charge in [0.05, 0.1) is 6.04 Å². The van der Waals surface area contributed by atoms with Gasteiger partial charge in [-0.1, -0.05) is 66.7 Å². The summed E-state index contributed by atoms with van der Waals surface area (Å²) >= 11 is 1.81. The molecule has 3 aromatic carbocycles. The SMILES string of the molecule is O=C(NCc1ccc(C2=CCCS2)cc1)[C@H](O)[C@@H](O)C(=O)N1Cc2ccccc2[C@@H]1c1cccc(F)c1. The van der Waals surface area contributed by atoms with Crippen molar-refractivity contribution in [2.45, 2.75) is 37.8 Å². The van der Waals surface area contributed by atoms with E-state index in [1.54, 1.807) is 12.1 Å². The van der Waals surface area contributed by atoms with Gasteiger partial charge in [0.25, 0.3) is 11.8 Å². The molecule has 0 radical (unpaired) electrons. The molecule has 2 heterocycles. The van der Waals surface area contributed by atoms with Crippen LogP contribution in [-0.2, 0) is 22.7 Å². The number of aliphatic hydroxyl groups excluding tert-OH is 2. The molecule has 3 N–H and O–H groups in total. The van der Waals surface area contributed by atoms with Crippen LogP contribution in [0.4, 0.5) is 4.39 Å². The minimum absolute atomic E-state index is 0.143. The molecule has 0 aliphatic carbocycles. The van der Waals surface area contributed by atoms with E-state index in [9.17, 15) is 24.2 Å². The average molecular weight is 519 g/mol. The van der Waals surface area contributed by atoms with E-state index in [-0.39, 0.29) is 13.1 Å². The van der Waals surface area contributed by atoms with Crippen molar-refractivity contribution in [2.75, 3.05) is 5.75 Å². The second-order valence-electron chi connectivity index (χ2n) is 9.13. The molecular formula is C29H27FN2O4S. The first-order valence-electron chi connectivity index (χ1n) is 12.1. The number of benzene rings is 3. The first kappa shape index (κ1) is 25.2. The van der Waals surface area contributed by atoms with Gasteiger partial charge < -0.3 is 20.4 Å². The number of amides is 2. The molecule has 0 saturated carbocycles. The molecule has 0 aromatic heterocycles. The number of fused-ring (bicyclic) bond motifs is 1. The van der Waals surface area contributed by atoms with Crippen LogP contribution in [0.15, 0.2) is 78.9 Å². The molecule has 3 atom stereocenters. The van der Waals surface area contributed by atoms with Gasteiger partial charge in [-0.25, -0.2) is 4.39 Å². The van der Waals surface area contributed by atoms with Gasteiger partial charge in [-0.15, -0.1) is 11.8 Å². The molecule has 3 aromatic rings. The maximum atomic E-state index is 14.0. The van der Waals surface area contributed by atoms with Crippen LogP contribution in [0, 0.1) is 5.82 Å². The standard InChI is InChI=1S/C29H27FN2O4S/c30-22-7-3-6-20(15-22)25-23-8-2-1-5-21(23)17-32(25)29(36)27(34)26(33)28(35)31-16-18-10-12-19(13-11-18)24-9-4-14-37-24/h1-3,5-13,15,25-27,33-34H,4,14,16-17H2,(H,31,35)/t25-,26+,27+/m0/s1. The van der Waals surface area contributed by atoms with Gasteiger partial charge in [-0.05, 0) is 46.4 Å². The Morgan fingerprint density at radius 2 is 1.81 bits per heavy atom. The number of allylic oxidation sites excluding steroid dienone is 1. The Kier molecular flexibility index (Phi) is 7.41. The Bertz CT molecular complexity index is 1340. The van der Waals surface area contributed by atoms with Gasteiger partial charge in [0.2, 0.25) is 0 Å². The summed E-state index contributed by atoms with van der Waals surface area (Å²) in [4.78, 5) is 28.5. The Balaban J connectivity index is 1.25. The fraction of sp³-hybridized carbons (Fsp3) is 0.241. The molecule has 2 aliphatic rings. The summed E-state index contributed by atoms with van der Waals surface area (Å²) in [6.45, 7) is 0.313. The van der Waals surface area contributed by atoms with Gasteiger partial charge in [0.15, 0.2) is 12.2 Å². The lowest BCUT2D eigenvalue weighted by Gasteiger charge is -2.29. The fourth-order valence-electron chi connectivity index (χ4n) is 4.78. The van der Waals surface area contributed by atoms with Crippen molar-refractivity contribution in [1.29, 1.82) is 0 Å². The first-order valence-corrected chi connectivity index (χ1v) is 13.1. The summed E-state index contributed by atoms with van der Waals surface area (Å²) < 4.78 is 14.0. The maximum absolute atomic E-state index is 14.0. The Labute approximate surface area is 218 Å². The lowest BCUT2D eigenvalue weighted by atomic mass is 9.97. The van der Waals surface area contributed by atoms with E-state index < -0.39 is 35.9 Å². The van der Waals surface area contributed by atoms with Gasteiger partial charge in [-0.2, -0.15) is 0 Å². The number of nitrogens with zero attached hydrogens (tertiary/aromatic N) is 1. The maximum Gasteiger partial charge on any atom is 0.255 e. The number of nitrogens with one attached hydrogen (secondary N) is 1. The van der Waals surface area contributed by atoms with Crippen LogP contribution in [-0.4, -0.2) is 44.9 Å². The number of aliphatic hydroxyl groups is 2. The Morgan fingerprint density at radius 1 is 1.03 bits per heavy atom. The van der Waals surface area contributed by atoms with Gasteiger partial charge >= 0.3 is 0 Å². The van der Waals surface area contributed by atoms with E-state index in [0.29, 0.717) is 5.56 Å². The van der Waals surface area contributed by atoms with Crippen molar-refractivity contribution >= 4 is 28.5 Å². The van der Waals surface area contributed by atoms with Crippen LogP contribution in [0.25, 0.3) is 4.91 Å². The first-order chi connectivity index (χ1) is 17.9. The Morgan fingerprint density at radius 3 is 2.54 bits per heavy atom. The van der Waals surface area contributed by atoms with E-state index >= 15 is 0 Å². The highest BCUT2D eigenvalue weighted by molar-refractivity contribution is 8.08. The molecule has 0 bridgehead atoms. The number of hydrogen-bond donors (Lipinski definition) is 3. The average Bonchev–Trinajstić information content (AvgIpc) is 3.59. The van der Waals surface area contributed by atoms with E-state index in [4.69, 9.17) is 0 Å². The van der Waals surface area contributed by atoms with Gasteiger partial charge in [0.1, 0.15) is 5.82 Å². The van der Waals surface area contributed by atoms with Crippen LogP contribution >= 0.6 is 11.8 Å². The van der Waals surface area contributed by atoms with E-state index in [1.807, 2.05) is 60.3 Å². The molecule has 0 spiro atoms. The smallest absolute Gasteiger partial charge is 0.255 e. The third-order valence-electron chi connectivity index (χ3n) is 6.68. The van der Waals surface area contributed by atoms with Crippen molar-refractivity contribution in [3.63, 3.8) is 0 Å². The summed E-state index contributed by atoms with van der Waals surface area (Å²) in [5.41, 5.74) is 4.15. The van der Waals surface area contributed by atoms with Gasteiger partial charge in [-0.3, -0.25) is 9.59 Å². The van der Waals surface area contributed by atoms with Crippen LogP contribution in [0.2, 0.25) is 0 Å². The number of hydrogen-bond acceptors (Lipinski definition) is 5. The van der Waals surface area contributed by atoms with Gasteiger partial charge in [0, 0.05) is 23.7 Å². The molecule has 6 nitrogen and oxygen atoms in total. The second-order valence-corrected chi connectivity index (χ2v) is 10.3. The molecule has 190 valence electrons. The van der Waals surface area contributed by atoms with Crippen LogP contribution in [0.3, 0.4) is 0 Å². The summed E-state index contributed by atoms with van der Waals surface area (Å²) in [5, 5.41) is 23.8. The summed E-state index contributed by atoms with van der Waals surface area (Å²) in [5.74, 6) is -1.02. The molecule has 5 rings (SSSR count). The lowest BCUT2D eigenvalue weighted by molar-refractivity contribution is -0.154. The predicted octanol–water partition coefficient (Wildman–Crippen LogP) is 3.77. The number of carbonyl (C=O) groups is 2. The summed E-state index contributed by atoms with van der Waals surface area (Å²) in [6.07, 6.45) is -0.667. The molecule has 2 amide bonds. The van der Waals surface area contributed by atoms with E-state index in [2.05, 4.69) is 11.4 Å². The van der Waals surface area contributed by atoms with Crippen molar-refractivity contribution in [2.24, 2.45) is 0 Å². The van der Waals surface area contributed by atoms with Crippen molar-refractivity contribution in [3.8, 4) is 0 Å². The number of halogens is 1. The highest BCUT2D eigenvalue weighted by Gasteiger charge is 2.40. The van der Waals surface area contributed by atoms with E-state index in [1.165, 1.54) is 21.9 Å². The predicted molar refractivity (Wildman–Crippen MR) is 141 cm³/mol. The summed E-state index contributed by atoms with van der Waals surface area (Å²) in [7, 11) is 0. The molecule has 2 aliphatic heterocycles. The topological polar surface area (TPSA) is 89.9 Å². The molecule has 0 saturated heterocycles. The molecular weight excluding hydrogens is 491 g/mol. The van der Waals surface area contributed by atoms with E-state index in [0.717, 1.165) is 34.4 Å². The molecule has 0 fully saturated rings. The van der Waals surface area contributed by atoms with Crippen LogP contribution < -0.4 is 5.32 Å². The number of thioether (sulfide) groups is 1. The number of carbonyl (C=O) groups excluding carboxylic acids is 2. The summed E-state index contributed by atoms with van der Waals surface area (Å²) in [6, 6.07) is 20.4. The highest BCUT2D eigenvalue weighted by Crippen LogP contribution is 2.39. The highest BCUT2D eigenvalue weighted by atomic mass is 32.2. The zero-order chi connectivity index (χ0) is 25.9. The molecule has 0 unspecified atom stereocenters. The molecule has 8 heteroatoms. The third kappa shape index (κ3) is 5.32. The normalized spacial score (nSPS) is 18.2. The van der Waals surface area contributed by atoms with Crippen molar-refractivity contribution < 1.29 is 24.2 Å². The second kappa shape index (κ2) is 10.9. The largest absolute Gasteiger partial charge is 0.380 e. The lowest BCUT2D eigenvalue weighted by Crippen LogP contribution is -2.50. The third-order valence-corrected chi connectivity index (χ3v) is 7.83. The van der Waals surface area contributed by atoms with Crippen LogP contribution in [0.5, 0.6) is 0 Å². The minimum atomic E-state index is -1.97. The van der Waals surface area contributed by atoms with Crippen molar-refractivity contribution in [1.82, 2.24) is 10.2 Å². The van der Waals surface area contributed by atoms with Crippen molar-refractivity contribution in [3.05, 3.63) is 113 Å². The van der Waals surface area contributed by atoms with Crippen LogP contribution in [0.1, 0.15) is 40.3 Å². The minimum Gasteiger partial charge on any atom is -0.380 e. The monoisotopic (exact) mass is 518 g/mol. The quantitative estimate of drug-likeness (QED) is 0.443. The number of rotatable bonds is 7. The Hall–Kier alpha value is -3.46. The fourth-order valence-corrected chi connectivity index (χ4v) is 5.77. The molecule has 37 heavy (non-hydrogen) atoms. The zero-order valence-electron chi connectivity index (χ0n) is 20.0.